The lowest BCUT2D eigenvalue weighted by molar-refractivity contribution is -0.148. The van der Waals surface area contributed by atoms with E-state index < -0.39 is 0 Å². The Hall–Kier alpha value is -0.280. The van der Waals surface area contributed by atoms with E-state index in [1.165, 1.54) is 0 Å². The lowest BCUT2D eigenvalue weighted by Gasteiger charge is -2.14. The molecule has 0 saturated carbocycles. The van der Waals surface area contributed by atoms with Crippen molar-refractivity contribution in [3.05, 3.63) is 0 Å². The van der Waals surface area contributed by atoms with Crippen LogP contribution in [0.5, 0.6) is 0 Å². The predicted molar refractivity (Wildman–Crippen MR) is 86.5 cm³/mol. The lowest BCUT2D eigenvalue weighted by Crippen LogP contribution is -2.19. The Labute approximate surface area is 140 Å². The molecule has 23 heavy (non-hydrogen) atoms. The predicted octanol–water partition coefficient (Wildman–Crippen LogP) is 1.83. The summed E-state index contributed by atoms with van der Waals surface area (Å²) in [6.45, 7) is 10.8. The summed E-state index contributed by atoms with van der Waals surface area (Å²) >= 11 is 0. The molecule has 0 saturated heterocycles. The van der Waals surface area contributed by atoms with Gasteiger partial charge >= 0.3 is 0 Å². The van der Waals surface area contributed by atoms with E-state index in [2.05, 4.69) is 6.92 Å². The van der Waals surface area contributed by atoms with Crippen LogP contribution in [0.4, 0.5) is 0 Å². The molecule has 0 aliphatic rings. The molecule has 0 aliphatic carbocycles. The zero-order valence-corrected chi connectivity index (χ0v) is 15.1. The molecule has 2 unspecified atom stereocenters. The average Bonchev–Trinajstić information content (AvgIpc) is 2.56. The molecule has 7 heteroatoms. The van der Waals surface area contributed by atoms with Crippen molar-refractivity contribution in [3.63, 3.8) is 0 Å². The fourth-order valence-corrected chi connectivity index (χ4v) is 1.50. The number of hydrogen-bond donors (Lipinski definition) is 0. The highest BCUT2D eigenvalue weighted by Crippen LogP contribution is 1.94. The molecule has 140 valence electrons. The molecule has 0 aromatic rings. The van der Waals surface area contributed by atoms with Gasteiger partial charge in [-0.05, 0) is 20.3 Å². The van der Waals surface area contributed by atoms with Gasteiger partial charge in [0.2, 0.25) is 0 Å². The van der Waals surface area contributed by atoms with Gasteiger partial charge in [0, 0.05) is 13.7 Å². The highest BCUT2D eigenvalue weighted by Gasteiger charge is 2.02. The third-order valence-electron chi connectivity index (χ3n) is 2.79. The Kier molecular flexibility index (Phi) is 17.8. The molecular formula is C16H34O7. The van der Waals surface area contributed by atoms with Gasteiger partial charge in [-0.25, -0.2) is 0 Å². The van der Waals surface area contributed by atoms with Gasteiger partial charge in [-0.15, -0.1) is 0 Å². The fraction of sp³-hybridized carbons (Fsp3) is 1.00. The van der Waals surface area contributed by atoms with E-state index in [9.17, 15) is 0 Å². The Morgan fingerprint density at radius 3 is 1.39 bits per heavy atom. The molecule has 0 aliphatic heterocycles. The highest BCUT2D eigenvalue weighted by molar-refractivity contribution is 4.38. The summed E-state index contributed by atoms with van der Waals surface area (Å²) in [6, 6.07) is 0. The van der Waals surface area contributed by atoms with Gasteiger partial charge in [-0.2, -0.15) is 0 Å². The van der Waals surface area contributed by atoms with Crippen molar-refractivity contribution in [2.24, 2.45) is 0 Å². The Balaban J connectivity index is 3.14. The summed E-state index contributed by atoms with van der Waals surface area (Å²) in [4.78, 5) is 0. The van der Waals surface area contributed by atoms with Crippen LogP contribution in [0.25, 0.3) is 0 Å². The molecule has 0 rings (SSSR count). The van der Waals surface area contributed by atoms with E-state index in [0.717, 1.165) is 13.0 Å². The normalized spacial score (nSPS) is 14.1. The number of hydrogen-bond acceptors (Lipinski definition) is 7. The van der Waals surface area contributed by atoms with Crippen LogP contribution in [-0.2, 0) is 33.2 Å². The van der Waals surface area contributed by atoms with Crippen molar-refractivity contribution >= 4 is 0 Å². The van der Waals surface area contributed by atoms with Gasteiger partial charge in [0.05, 0.1) is 52.9 Å². The van der Waals surface area contributed by atoms with Crippen molar-refractivity contribution < 1.29 is 33.2 Å². The molecule has 0 N–H and O–H groups in total. The summed E-state index contributed by atoms with van der Waals surface area (Å²) in [7, 11) is 1.60. The molecule has 0 aromatic carbocycles. The van der Waals surface area contributed by atoms with Gasteiger partial charge in [0.1, 0.15) is 0 Å². The molecule has 0 bridgehead atoms. The minimum Gasteiger partial charge on any atom is -0.379 e. The van der Waals surface area contributed by atoms with Crippen molar-refractivity contribution in [3.8, 4) is 0 Å². The Bertz CT molecular complexity index is 228. The first-order chi connectivity index (χ1) is 11.2. The molecule has 0 heterocycles. The minimum absolute atomic E-state index is 0.200. The molecular weight excluding hydrogens is 304 g/mol. The second-order valence-corrected chi connectivity index (χ2v) is 4.82. The molecule has 0 radical (unpaired) electrons. The van der Waals surface area contributed by atoms with Crippen LogP contribution >= 0.6 is 0 Å². The maximum Gasteiger partial charge on any atom is 0.155 e. The molecule has 0 amide bonds. The summed E-state index contributed by atoms with van der Waals surface area (Å²) in [5.74, 6) is 0. The first-order valence-corrected chi connectivity index (χ1v) is 8.31. The van der Waals surface area contributed by atoms with Crippen LogP contribution in [0.1, 0.15) is 27.2 Å². The molecule has 2 atom stereocenters. The van der Waals surface area contributed by atoms with Crippen LogP contribution in [-0.4, -0.2) is 79.2 Å². The van der Waals surface area contributed by atoms with Gasteiger partial charge in [-0.3, -0.25) is 0 Å². The van der Waals surface area contributed by atoms with Crippen molar-refractivity contribution in [1.82, 2.24) is 0 Å². The maximum absolute atomic E-state index is 5.45. The Morgan fingerprint density at radius 1 is 0.565 bits per heavy atom. The lowest BCUT2D eigenvalue weighted by atomic mass is 10.5. The van der Waals surface area contributed by atoms with Gasteiger partial charge < -0.3 is 33.2 Å². The van der Waals surface area contributed by atoms with E-state index >= 15 is 0 Å². The number of methoxy groups -OCH3 is 1. The molecule has 0 fully saturated rings. The quantitative estimate of drug-likeness (QED) is 0.279. The largest absolute Gasteiger partial charge is 0.379 e. The zero-order valence-electron chi connectivity index (χ0n) is 15.1. The van der Waals surface area contributed by atoms with Crippen molar-refractivity contribution in [2.75, 3.05) is 66.6 Å². The van der Waals surface area contributed by atoms with E-state index in [1.807, 2.05) is 13.8 Å². The van der Waals surface area contributed by atoms with E-state index in [1.54, 1.807) is 7.11 Å². The summed E-state index contributed by atoms with van der Waals surface area (Å²) < 4.78 is 37.2. The Morgan fingerprint density at radius 2 is 0.957 bits per heavy atom. The van der Waals surface area contributed by atoms with Crippen LogP contribution in [0.2, 0.25) is 0 Å². The third-order valence-corrected chi connectivity index (χ3v) is 2.79. The SMILES string of the molecule is CCCOCCOC(C)OCCOCCOCCOC(C)OC. The number of rotatable bonds is 18. The average molecular weight is 338 g/mol. The fourth-order valence-electron chi connectivity index (χ4n) is 1.50. The van der Waals surface area contributed by atoms with E-state index in [0.29, 0.717) is 52.9 Å². The first-order valence-electron chi connectivity index (χ1n) is 8.31. The standard InChI is InChI=1S/C16H34O7/c1-5-6-18-9-13-22-16(3)23-14-11-20-8-7-19-10-12-21-15(2)17-4/h15-16H,5-14H2,1-4H3. The molecule has 0 spiro atoms. The minimum atomic E-state index is -0.250. The van der Waals surface area contributed by atoms with Gasteiger partial charge in [0.25, 0.3) is 0 Å². The summed E-state index contributed by atoms with van der Waals surface area (Å²) in [6.07, 6.45) is 0.571. The van der Waals surface area contributed by atoms with Gasteiger partial charge in [-0.1, -0.05) is 6.92 Å². The number of ether oxygens (including phenoxy) is 7. The monoisotopic (exact) mass is 338 g/mol. The highest BCUT2D eigenvalue weighted by atomic mass is 16.7. The van der Waals surface area contributed by atoms with Crippen LogP contribution in [0.15, 0.2) is 0 Å². The van der Waals surface area contributed by atoms with Crippen LogP contribution < -0.4 is 0 Å². The zero-order chi connectivity index (χ0) is 17.2. The second-order valence-electron chi connectivity index (χ2n) is 4.82. The summed E-state index contributed by atoms with van der Waals surface area (Å²) in [5.41, 5.74) is 0. The maximum atomic E-state index is 5.45. The smallest absolute Gasteiger partial charge is 0.155 e. The second kappa shape index (κ2) is 18.1. The first kappa shape index (κ1) is 22.7. The third kappa shape index (κ3) is 17.9. The van der Waals surface area contributed by atoms with Crippen molar-refractivity contribution in [1.29, 1.82) is 0 Å². The topological polar surface area (TPSA) is 64.6 Å². The molecule has 7 nitrogen and oxygen atoms in total. The van der Waals surface area contributed by atoms with E-state index in [4.69, 9.17) is 33.2 Å². The van der Waals surface area contributed by atoms with Crippen molar-refractivity contribution in [2.45, 2.75) is 39.8 Å². The van der Waals surface area contributed by atoms with Crippen LogP contribution in [0.3, 0.4) is 0 Å². The van der Waals surface area contributed by atoms with Gasteiger partial charge in [0.15, 0.2) is 12.6 Å². The summed E-state index contributed by atoms with van der Waals surface area (Å²) in [5, 5.41) is 0. The van der Waals surface area contributed by atoms with E-state index in [-0.39, 0.29) is 12.6 Å². The van der Waals surface area contributed by atoms with Crippen LogP contribution in [0, 0.1) is 0 Å². The molecule has 0 aromatic heterocycles.